The molecule has 0 amide bonds. The van der Waals surface area contributed by atoms with Crippen molar-refractivity contribution in [2.24, 2.45) is 5.92 Å². The third-order valence-corrected chi connectivity index (χ3v) is 3.56. The molecule has 0 aromatic heterocycles. The number of terminal acetylenes is 1. The first-order chi connectivity index (χ1) is 9.97. The van der Waals surface area contributed by atoms with Gasteiger partial charge in [0.05, 0.1) is 0 Å². The van der Waals surface area contributed by atoms with Gasteiger partial charge in [-0.05, 0) is 36.4 Å². The van der Waals surface area contributed by atoms with Gasteiger partial charge in [-0.1, -0.05) is 58.9 Å². The lowest BCUT2D eigenvalue weighted by atomic mass is 10.0. The highest BCUT2D eigenvalue weighted by atomic mass is 16.5. The Kier molecular flexibility index (Phi) is 8.27. The first-order valence-corrected chi connectivity index (χ1v) is 7.70. The van der Waals surface area contributed by atoms with E-state index < -0.39 is 5.91 Å². The molecule has 118 valence electrons. The fourth-order valence-electron chi connectivity index (χ4n) is 2.66. The molecule has 3 nitrogen and oxygen atoms in total. The molecule has 0 spiro atoms. The Balaban J connectivity index is 0.000000921. The maximum absolute atomic E-state index is 9.74. The predicted octanol–water partition coefficient (Wildman–Crippen LogP) is 3.18. The Morgan fingerprint density at radius 2 is 1.71 bits per heavy atom. The fourth-order valence-corrected chi connectivity index (χ4v) is 2.66. The molecule has 21 heavy (non-hydrogen) atoms. The molecule has 2 unspecified atom stereocenters. The van der Waals surface area contributed by atoms with Crippen molar-refractivity contribution in [3.8, 4) is 12.3 Å². The van der Waals surface area contributed by atoms with Crippen molar-refractivity contribution in [3.63, 3.8) is 0 Å². The molecular weight excluding hydrogens is 262 g/mol. The van der Waals surface area contributed by atoms with E-state index in [2.05, 4.69) is 13.0 Å². The number of hydrogen-bond donors (Lipinski definition) is 2. The van der Waals surface area contributed by atoms with E-state index in [9.17, 15) is 10.2 Å². The standard InChI is InChI=1S/C14H17NO2.2C2H6/c1-4-14(16,17)15(3)13-10(2)9-11-7-5-6-8-12(11)13;2*1-2/h1,5-8,10,13,16-17H,9H2,2-3H3;2*1-2H3. The second-order valence-electron chi connectivity index (χ2n) is 4.72. The third kappa shape index (κ3) is 4.31. The summed E-state index contributed by atoms with van der Waals surface area (Å²) in [4.78, 5) is 1.45. The van der Waals surface area contributed by atoms with Crippen LogP contribution in [0.3, 0.4) is 0 Å². The molecule has 0 radical (unpaired) electrons. The number of hydrogen-bond acceptors (Lipinski definition) is 3. The molecule has 1 aromatic rings. The Bertz CT molecular complexity index is 463. The molecular formula is C18H29NO2. The Hall–Kier alpha value is -1.34. The smallest absolute Gasteiger partial charge is 0.293 e. The molecule has 1 aromatic carbocycles. The Morgan fingerprint density at radius 3 is 2.24 bits per heavy atom. The van der Waals surface area contributed by atoms with Crippen LogP contribution < -0.4 is 0 Å². The van der Waals surface area contributed by atoms with E-state index in [1.54, 1.807) is 7.05 Å². The minimum absolute atomic E-state index is 0.0581. The van der Waals surface area contributed by atoms with Gasteiger partial charge < -0.3 is 10.2 Å². The van der Waals surface area contributed by atoms with Crippen LogP contribution in [0, 0.1) is 18.3 Å². The summed E-state index contributed by atoms with van der Waals surface area (Å²) in [6.07, 6.45) is 6.08. The first kappa shape index (κ1) is 19.7. The summed E-state index contributed by atoms with van der Waals surface area (Å²) in [7, 11) is 1.64. The first-order valence-electron chi connectivity index (χ1n) is 7.70. The summed E-state index contributed by atoms with van der Waals surface area (Å²) in [6.45, 7) is 10.1. The van der Waals surface area contributed by atoms with Gasteiger partial charge in [0.15, 0.2) is 0 Å². The molecule has 1 aliphatic carbocycles. The predicted molar refractivity (Wildman–Crippen MR) is 88.5 cm³/mol. The quantitative estimate of drug-likeness (QED) is 0.650. The fraction of sp³-hybridized carbons (Fsp3) is 0.556. The topological polar surface area (TPSA) is 43.7 Å². The van der Waals surface area contributed by atoms with E-state index in [1.807, 2.05) is 51.8 Å². The van der Waals surface area contributed by atoms with Crippen molar-refractivity contribution in [2.75, 3.05) is 7.05 Å². The summed E-state index contributed by atoms with van der Waals surface area (Å²) < 4.78 is 0. The van der Waals surface area contributed by atoms with Gasteiger partial charge in [0.1, 0.15) is 0 Å². The van der Waals surface area contributed by atoms with E-state index in [1.165, 1.54) is 10.5 Å². The zero-order valence-corrected chi connectivity index (χ0v) is 14.1. The van der Waals surface area contributed by atoms with Crippen molar-refractivity contribution in [1.82, 2.24) is 4.90 Å². The van der Waals surface area contributed by atoms with Crippen LogP contribution in [0.1, 0.15) is 51.8 Å². The highest BCUT2D eigenvalue weighted by Gasteiger charge is 2.40. The molecule has 0 bridgehead atoms. The van der Waals surface area contributed by atoms with Crippen molar-refractivity contribution < 1.29 is 10.2 Å². The zero-order valence-electron chi connectivity index (χ0n) is 14.1. The van der Waals surface area contributed by atoms with Crippen LogP contribution in [-0.4, -0.2) is 28.1 Å². The number of nitrogens with zero attached hydrogens (tertiary/aromatic N) is 1. The zero-order chi connectivity index (χ0) is 16.6. The SMILES string of the molecule is C#CC(O)(O)N(C)C1c2ccccc2CC1C.CC.CC. The van der Waals surface area contributed by atoms with Gasteiger partial charge in [0.2, 0.25) is 0 Å². The molecule has 2 rings (SSSR count). The lowest BCUT2D eigenvalue weighted by Gasteiger charge is -2.35. The molecule has 0 saturated heterocycles. The average Bonchev–Trinajstić information content (AvgIpc) is 2.86. The Labute approximate surface area is 129 Å². The van der Waals surface area contributed by atoms with Crippen LogP contribution in [0.4, 0.5) is 0 Å². The maximum Gasteiger partial charge on any atom is 0.293 e. The van der Waals surface area contributed by atoms with Gasteiger partial charge in [0.25, 0.3) is 5.91 Å². The molecule has 0 saturated carbocycles. The Morgan fingerprint density at radius 1 is 1.19 bits per heavy atom. The van der Waals surface area contributed by atoms with Gasteiger partial charge in [-0.15, -0.1) is 6.42 Å². The van der Waals surface area contributed by atoms with E-state index in [-0.39, 0.29) is 6.04 Å². The van der Waals surface area contributed by atoms with E-state index in [4.69, 9.17) is 6.42 Å². The van der Waals surface area contributed by atoms with Gasteiger partial charge in [-0.3, -0.25) is 0 Å². The number of benzene rings is 1. The van der Waals surface area contributed by atoms with Crippen LogP contribution in [-0.2, 0) is 6.42 Å². The van der Waals surface area contributed by atoms with Crippen LogP contribution in [0.5, 0.6) is 0 Å². The summed E-state index contributed by atoms with van der Waals surface area (Å²) >= 11 is 0. The summed E-state index contributed by atoms with van der Waals surface area (Å²) in [6, 6.07) is 8.00. The minimum Gasteiger partial charge on any atom is -0.343 e. The monoisotopic (exact) mass is 291 g/mol. The van der Waals surface area contributed by atoms with Crippen LogP contribution in [0.2, 0.25) is 0 Å². The molecule has 0 heterocycles. The summed E-state index contributed by atoms with van der Waals surface area (Å²) in [5, 5.41) is 19.5. The molecule has 3 heteroatoms. The van der Waals surface area contributed by atoms with Crippen LogP contribution in [0.15, 0.2) is 24.3 Å². The molecule has 0 aliphatic heterocycles. The largest absolute Gasteiger partial charge is 0.343 e. The van der Waals surface area contributed by atoms with Gasteiger partial charge in [0, 0.05) is 6.04 Å². The van der Waals surface area contributed by atoms with Crippen LogP contribution >= 0.6 is 0 Å². The summed E-state index contributed by atoms with van der Waals surface area (Å²) in [5.74, 6) is 0.118. The van der Waals surface area contributed by atoms with Crippen molar-refractivity contribution in [3.05, 3.63) is 35.4 Å². The number of fused-ring (bicyclic) bond motifs is 1. The van der Waals surface area contributed by atoms with E-state index in [0.717, 1.165) is 12.0 Å². The van der Waals surface area contributed by atoms with E-state index >= 15 is 0 Å². The van der Waals surface area contributed by atoms with Crippen LogP contribution in [0.25, 0.3) is 0 Å². The molecule has 0 fully saturated rings. The number of rotatable bonds is 2. The molecule has 2 N–H and O–H groups in total. The van der Waals surface area contributed by atoms with Gasteiger partial charge in [-0.2, -0.15) is 0 Å². The van der Waals surface area contributed by atoms with Crippen molar-refractivity contribution in [2.45, 2.75) is 53.0 Å². The molecule has 1 aliphatic rings. The van der Waals surface area contributed by atoms with Gasteiger partial charge in [-0.25, -0.2) is 4.90 Å². The second-order valence-corrected chi connectivity index (χ2v) is 4.72. The second kappa shape index (κ2) is 8.84. The van der Waals surface area contributed by atoms with Crippen molar-refractivity contribution >= 4 is 0 Å². The summed E-state index contributed by atoms with van der Waals surface area (Å²) in [5.41, 5.74) is 2.38. The lowest BCUT2D eigenvalue weighted by Crippen LogP contribution is -2.47. The minimum atomic E-state index is -2.20. The van der Waals surface area contributed by atoms with E-state index in [0.29, 0.717) is 5.92 Å². The molecule has 2 atom stereocenters. The van der Waals surface area contributed by atoms with Crippen molar-refractivity contribution in [1.29, 1.82) is 0 Å². The third-order valence-electron chi connectivity index (χ3n) is 3.56. The normalized spacial score (nSPS) is 19.6. The lowest BCUT2D eigenvalue weighted by molar-refractivity contribution is -0.227. The average molecular weight is 291 g/mol. The number of aliphatic hydroxyl groups is 2. The highest BCUT2D eigenvalue weighted by molar-refractivity contribution is 5.36. The maximum atomic E-state index is 9.74. The van der Waals surface area contributed by atoms with Gasteiger partial charge >= 0.3 is 0 Å². The highest BCUT2D eigenvalue weighted by Crippen LogP contribution is 2.40.